The van der Waals surface area contributed by atoms with E-state index in [2.05, 4.69) is 10.6 Å². The van der Waals surface area contributed by atoms with Gasteiger partial charge in [-0.3, -0.25) is 43.5 Å². The fraction of sp³-hybridized carbons (Fsp3) is 0.536. The van der Waals surface area contributed by atoms with E-state index >= 15 is 0 Å². The molecule has 0 heterocycles. The summed E-state index contributed by atoms with van der Waals surface area (Å²) < 4.78 is 0. The number of benzene rings is 1. The topological polar surface area (TPSA) is 284 Å². The molecule has 19 heteroatoms. The second-order valence-corrected chi connectivity index (χ2v) is 11.1. The number of unbranched alkanes of at least 4 members (excludes halogenated alkanes) is 1. The summed E-state index contributed by atoms with van der Waals surface area (Å²) in [4.78, 5) is 71.7. The van der Waals surface area contributed by atoms with E-state index in [4.69, 9.17) is 33.3 Å². The number of anilines is 1. The summed E-state index contributed by atoms with van der Waals surface area (Å²) >= 11 is 5.29. The Hall–Kier alpha value is -4.43. The molecule has 0 amide bonds. The largest absolute Gasteiger partial charge is 0.480 e. The van der Waals surface area contributed by atoms with Crippen LogP contribution in [0.1, 0.15) is 24.8 Å². The van der Waals surface area contributed by atoms with Crippen LogP contribution >= 0.6 is 12.2 Å². The van der Waals surface area contributed by atoms with Gasteiger partial charge < -0.3 is 47.0 Å². The maximum absolute atomic E-state index is 11.7. The zero-order chi connectivity index (χ0) is 35.5. The van der Waals surface area contributed by atoms with Crippen molar-refractivity contribution in [3.63, 3.8) is 0 Å². The Balaban J connectivity index is 3.05. The van der Waals surface area contributed by atoms with Gasteiger partial charge in [-0.05, 0) is 55.6 Å². The first-order chi connectivity index (χ1) is 22.0. The van der Waals surface area contributed by atoms with Crippen LogP contribution in [0, 0.1) is 0 Å². The molecule has 0 aliphatic carbocycles. The molecule has 10 N–H and O–H groups in total. The van der Waals surface area contributed by atoms with Gasteiger partial charge in [0.25, 0.3) is 0 Å². The number of carboxylic acid groups (broad SMARTS) is 6. The molecule has 0 spiro atoms. The van der Waals surface area contributed by atoms with E-state index in [-0.39, 0.29) is 26.1 Å². The molecule has 262 valence electrons. The van der Waals surface area contributed by atoms with Gasteiger partial charge in [0.2, 0.25) is 0 Å². The molecule has 1 aromatic carbocycles. The summed E-state index contributed by atoms with van der Waals surface area (Å²) in [5.74, 6) is -7.48. The summed E-state index contributed by atoms with van der Waals surface area (Å²) in [6.07, 6.45) is 1.67. The van der Waals surface area contributed by atoms with Gasteiger partial charge in [0, 0.05) is 37.9 Å². The number of carbonyl (C=O) groups is 6. The number of nitrogens with zero attached hydrogens (tertiary/aromatic N) is 3. The first-order valence-corrected chi connectivity index (χ1v) is 14.9. The lowest BCUT2D eigenvalue weighted by Crippen LogP contribution is -2.51. The smallest absolute Gasteiger partial charge is 0.320 e. The second kappa shape index (κ2) is 21.4. The third kappa shape index (κ3) is 19.0. The number of carboxylic acids is 6. The fourth-order valence-corrected chi connectivity index (χ4v) is 4.78. The van der Waals surface area contributed by atoms with Gasteiger partial charge in [-0.2, -0.15) is 0 Å². The molecule has 18 nitrogen and oxygen atoms in total. The monoisotopic (exact) mass is 686 g/mol. The number of rotatable bonds is 25. The summed E-state index contributed by atoms with van der Waals surface area (Å²) in [5.41, 5.74) is 6.74. The highest BCUT2D eigenvalue weighted by molar-refractivity contribution is 7.80. The van der Waals surface area contributed by atoms with Crippen LogP contribution in [0.4, 0.5) is 5.69 Å². The van der Waals surface area contributed by atoms with Gasteiger partial charge in [-0.15, -0.1) is 0 Å². The molecule has 1 aromatic rings. The van der Waals surface area contributed by atoms with Crippen LogP contribution in [-0.2, 0) is 35.2 Å². The van der Waals surface area contributed by atoms with Crippen molar-refractivity contribution in [1.29, 1.82) is 0 Å². The molecule has 0 unspecified atom stereocenters. The van der Waals surface area contributed by atoms with Crippen molar-refractivity contribution in [2.45, 2.75) is 37.8 Å². The molecule has 0 aliphatic rings. The molecule has 0 saturated carbocycles. The number of nitrogens with two attached hydrogens (primary N) is 1. The fourth-order valence-electron chi connectivity index (χ4n) is 4.56. The van der Waals surface area contributed by atoms with Gasteiger partial charge in [-0.25, -0.2) is 0 Å². The van der Waals surface area contributed by atoms with Gasteiger partial charge in [0.1, 0.15) is 6.04 Å². The predicted molar refractivity (Wildman–Crippen MR) is 170 cm³/mol. The Morgan fingerprint density at radius 3 is 1.70 bits per heavy atom. The average Bonchev–Trinajstić information content (AvgIpc) is 2.94. The van der Waals surface area contributed by atoms with Crippen molar-refractivity contribution < 1.29 is 59.4 Å². The van der Waals surface area contributed by atoms with E-state index in [1.54, 1.807) is 24.3 Å². The van der Waals surface area contributed by atoms with Gasteiger partial charge in [-0.1, -0.05) is 12.1 Å². The maximum atomic E-state index is 11.7. The molecule has 2 atom stereocenters. The van der Waals surface area contributed by atoms with E-state index in [1.165, 1.54) is 9.80 Å². The van der Waals surface area contributed by atoms with E-state index in [0.717, 1.165) is 4.90 Å². The minimum Gasteiger partial charge on any atom is -0.480 e. The van der Waals surface area contributed by atoms with Gasteiger partial charge >= 0.3 is 35.8 Å². The Bertz CT molecular complexity index is 1200. The van der Waals surface area contributed by atoms with E-state index in [1.807, 2.05) is 0 Å². The van der Waals surface area contributed by atoms with Crippen LogP contribution in [0.25, 0.3) is 0 Å². The van der Waals surface area contributed by atoms with E-state index in [9.17, 15) is 44.1 Å². The molecular formula is C28H42N6O12S. The molecule has 0 radical (unpaired) electrons. The number of aliphatic carboxylic acids is 6. The molecule has 0 aromatic heterocycles. The molecule has 47 heavy (non-hydrogen) atoms. The van der Waals surface area contributed by atoms with Crippen molar-refractivity contribution in [3.05, 3.63) is 29.8 Å². The molecule has 0 saturated heterocycles. The van der Waals surface area contributed by atoms with Crippen LogP contribution in [-0.4, -0.2) is 157 Å². The maximum Gasteiger partial charge on any atom is 0.320 e. The van der Waals surface area contributed by atoms with Crippen LogP contribution in [0.5, 0.6) is 0 Å². The van der Waals surface area contributed by atoms with Gasteiger partial charge in [0.05, 0.1) is 32.7 Å². The second-order valence-electron chi connectivity index (χ2n) is 10.7. The van der Waals surface area contributed by atoms with Crippen LogP contribution in [0.3, 0.4) is 0 Å². The summed E-state index contributed by atoms with van der Waals surface area (Å²) in [6, 6.07) is 5.04. The molecule has 0 bridgehead atoms. The lowest BCUT2D eigenvalue weighted by Gasteiger charge is -2.34. The molecular weight excluding hydrogens is 644 g/mol. The van der Waals surface area contributed by atoms with Crippen LogP contribution in [0.15, 0.2) is 24.3 Å². The number of hydrogen-bond donors (Lipinski definition) is 9. The Labute approximate surface area is 275 Å². The molecule has 0 fully saturated rings. The van der Waals surface area contributed by atoms with Crippen LogP contribution < -0.4 is 16.4 Å². The van der Waals surface area contributed by atoms with Crippen molar-refractivity contribution in [2.24, 2.45) is 5.73 Å². The third-order valence-corrected chi connectivity index (χ3v) is 6.95. The van der Waals surface area contributed by atoms with Crippen LogP contribution in [0.2, 0.25) is 0 Å². The normalized spacial score (nSPS) is 12.4. The van der Waals surface area contributed by atoms with Crippen molar-refractivity contribution in [1.82, 2.24) is 20.0 Å². The molecule has 1 rings (SSSR count). The number of thiocarbonyl (C=S) groups is 1. The summed E-state index contributed by atoms with van der Waals surface area (Å²) in [5, 5.41) is 61.8. The predicted octanol–water partition coefficient (Wildman–Crippen LogP) is -1.20. The summed E-state index contributed by atoms with van der Waals surface area (Å²) in [6.45, 7) is -2.99. The van der Waals surface area contributed by atoms with Gasteiger partial charge in [0.15, 0.2) is 5.11 Å². The third-order valence-electron chi connectivity index (χ3n) is 6.70. The average molecular weight is 687 g/mol. The highest BCUT2D eigenvalue weighted by Gasteiger charge is 2.27. The number of hydrogen-bond acceptors (Lipinski definition) is 11. The summed E-state index contributed by atoms with van der Waals surface area (Å²) in [7, 11) is 0. The zero-order valence-corrected chi connectivity index (χ0v) is 26.4. The lowest BCUT2D eigenvalue weighted by atomic mass is 10.0. The molecule has 0 aliphatic heterocycles. The van der Waals surface area contributed by atoms with E-state index < -0.39 is 80.6 Å². The standard InChI is InChI=1S/C28H42N6O12S/c29-21(27(45)46)3-1-2-8-30-28(47)31-19-6-4-18(5-7-19)11-20(34(16-25(41)42)17-26(43)44)12-32(13-22(35)36)9-10-33(14-23(37)38)15-24(39)40/h4-7,20-21H,1-3,8-17,29H2,(H,35,36)(H,37,38)(H,39,40)(H,41,42)(H,43,44)(H,45,46)(H2,30,31,47)/t20-,21-/m0/s1. The quantitative estimate of drug-likeness (QED) is 0.0431. The van der Waals surface area contributed by atoms with Crippen molar-refractivity contribution >= 4 is 58.8 Å². The highest BCUT2D eigenvalue weighted by Crippen LogP contribution is 2.15. The Morgan fingerprint density at radius 1 is 0.723 bits per heavy atom. The SMILES string of the molecule is N[C@@H](CCCCNC(=S)Nc1ccc(C[C@@H](CN(CCN(CC(=O)O)CC(=O)O)CC(=O)O)N(CC(=O)O)CC(=O)O)cc1)C(=O)O. The highest BCUT2D eigenvalue weighted by atomic mass is 32.1. The van der Waals surface area contributed by atoms with Crippen molar-refractivity contribution in [2.75, 3.05) is 64.2 Å². The lowest BCUT2D eigenvalue weighted by molar-refractivity contribution is -0.144. The number of nitrogens with one attached hydrogen (secondary N) is 2. The first-order valence-electron chi connectivity index (χ1n) is 14.5. The first kappa shape index (κ1) is 40.6. The Morgan fingerprint density at radius 2 is 1.21 bits per heavy atom. The zero-order valence-electron chi connectivity index (χ0n) is 25.6. The minimum atomic E-state index is -1.31. The van der Waals surface area contributed by atoms with E-state index in [0.29, 0.717) is 42.2 Å². The van der Waals surface area contributed by atoms with Crippen molar-refractivity contribution in [3.8, 4) is 0 Å². The minimum absolute atomic E-state index is 0.100. The Kier molecular flexibility index (Phi) is 18.5.